The number of nitrogens with one attached hydrogen (secondary N) is 1. The molecule has 2 aromatic heterocycles. The van der Waals surface area contributed by atoms with Crippen LogP contribution < -0.4 is 5.32 Å². The van der Waals surface area contributed by atoms with Crippen LogP contribution in [0.1, 0.15) is 69.6 Å². The van der Waals surface area contributed by atoms with Gasteiger partial charge in [0.25, 0.3) is 0 Å². The Bertz CT molecular complexity index is 1370. The van der Waals surface area contributed by atoms with E-state index in [9.17, 15) is 4.79 Å². The average molecular weight is 451 g/mol. The Morgan fingerprint density at radius 2 is 1.65 bits per heavy atom. The van der Waals surface area contributed by atoms with Gasteiger partial charge in [-0.05, 0) is 67.3 Å². The third-order valence-corrected chi connectivity index (χ3v) is 7.87. The molecule has 7 rings (SSSR count). The van der Waals surface area contributed by atoms with Crippen LogP contribution in [0, 0.1) is 26.7 Å². The summed E-state index contributed by atoms with van der Waals surface area (Å²) in [6, 6.07) is 19.7. The lowest BCUT2D eigenvalue weighted by molar-refractivity contribution is -0.121. The molecule has 0 saturated carbocycles. The van der Waals surface area contributed by atoms with E-state index in [-0.39, 0.29) is 5.91 Å². The number of fused-ring (bicyclic) bond motifs is 2. The summed E-state index contributed by atoms with van der Waals surface area (Å²) in [5, 5.41) is 7.82. The van der Waals surface area contributed by atoms with E-state index in [1.165, 1.54) is 22.3 Å². The monoisotopic (exact) mass is 450 g/mol. The first-order valence-electron chi connectivity index (χ1n) is 12.3. The van der Waals surface area contributed by atoms with Crippen LogP contribution in [-0.4, -0.2) is 27.0 Å². The third-order valence-electron chi connectivity index (χ3n) is 7.87. The smallest absolute Gasteiger partial charge is 0.220 e. The highest BCUT2D eigenvalue weighted by atomic mass is 16.1. The van der Waals surface area contributed by atoms with E-state index >= 15 is 0 Å². The molecule has 1 atom stereocenters. The van der Waals surface area contributed by atoms with Crippen molar-refractivity contribution in [2.75, 3.05) is 6.54 Å². The maximum atomic E-state index is 12.9. The molecule has 0 fully saturated rings. The Morgan fingerprint density at radius 1 is 1.00 bits per heavy atom. The molecule has 3 aliphatic rings. The van der Waals surface area contributed by atoms with Gasteiger partial charge in [-0.25, -0.2) is 9.50 Å². The molecular formula is C29H30N4O. The second-order valence-corrected chi connectivity index (χ2v) is 9.90. The number of aromatic nitrogens is 3. The van der Waals surface area contributed by atoms with Gasteiger partial charge in [0.2, 0.25) is 5.91 Å². The van der Waals surface area contributed by atoms with Crippen molar-refractivity contribution in [2.24, 2.45) is 5.92 Å². The summed E-state index contributed by atoms with van der Waals surface area (Å²) >= 11 is 0. The number of benzene rings is 2. The fraction of sp³-hybridized carbons (Fsp3) is 0.345. The van der Waals surface area contributed by atoms with Crippen molar-refractivity contribution >= 4 is 11.6 Å². The first-order valence-corrected chi connectivity index (χ1v) is 12.3. The second kappa shape index (κ2) is 8.08. The molecule has 5 heteroatoms. The van der Waals surface area contributed by atoms with Gasteiger partial charge >= 0.3 is 0 Å². The number of carbonyl (C=O) groups is 1. The summed E-state index contributed by atoms with van der Waals surface area (Å²) in [4.78, 5) is 17.6. The largest absolute Gasteiger partial charge is 0.356 e. The SMILES string of the molecule is Cc1cc2nc(C)c(CCC(=O)NCC3CC4c5ccccc5C3c3ccccc34)c(C)n2n1. The third kappa shape index (κ3) is 3.33. The molecule has 0 spiro atoms. The molecule has 2 aromatic carbocycles. The van der Waals surface area contributed by atoms with E-state index in [2.05, 4.69) is 65.9 Å². The molecule has 172 valence electrons. The standard InChI is InChI=1S/C29H30N4O/c1-17-14-27-31-18(2)21(19(3)33(27)32-17)12-13-28(34)30-16-20-15-26-22-8-4-6-10-24(22)29(20)25-11-7-5-9-23(25)26/h4-11,14,20,26,29H,12-13,15-16H2,1-3H3,(H,30,34). The molecule has 0 radical (unpaired) electrons. The predicted octanol–water partition coefficient (Wildman–Crippen LogP) is 5.00. The Kier molecular flexibility index (Phi) is 5.01. The summed E-state index contributed by atoms with van der Waals surface area (Å²) in [6.07, 6.45) is 2.23. The van der Waals surface area contributed by atoms with E-state index in [1.807, 2.05) is 24.4 Å². The number of aryl methyl sites for hydroxylation is 3. The number of carbonyl (C=O) groups excluding carboxylic acids is 1. The Morgan fingerprint density at radius 3 is 2.32 bits per heavy atom. The van der Waals surface area contributed by atoms with Gasteiger partial charge in [-0.2, -0.15) is 5.10 Å². The molecular weight excluding hydrogens is 420 g/mol. The van der Waals surface area contributed by atoms with E-state index in [1.54, 1.807) is 0 Å². The molecule has 0 aliphatic heterocycles. The highest BCUT2D eigenvalue weighted by Crippen LogP contribution is 2.55. The summed E-state index contributed by atoms with van der Waals surface area (Å²) in [6.45, 7) is 6.78. The zero-order valence-corrected chi connectivity index (χ0v) is 20.0. The minimum absolute atomic E-state index is 0.110. The highest BCUT2D eigenvalue weighted by Gasteiger charge is 2.42. The van der Waals surface area contributed by atoms with Crippen molar-refractivity contribution in [1.82, 2.24) is 19.9 Å². The summed E-state index contributed by atoms with van der Waals surface area (Å²) in [5.41, 5.74) is 10.8. The number of hydrogen-bond acceptors (Lipinski definition) is 3. The van der Waals surface area contributed by atoms with Crippen LogP contribution in [0.5, 0.6) is 0 Å². The quantitative estimate of drug-likeness (QED) is 0.465. The average Bonchev–Trinajstić information content (AvgIpc) is 3.23. The van der Waals surface area contributed by atoms with Gasteiger partial charge in [0.1, 0.15) is 0 Å². The Hall–Kier alpha value is -3.47. The van der Waals surface area contributed by atoms with Crippen molar-refractivity contribution in [3.05, 3.63) is 99.5 Å². The van der Waals surface area contributed by atoms with Gasteiger partial charge in [0, 0.05) is 42.3 Å². The predicted molar refractivity (Wildman–Crippen MR) is 133 cm³/mol. The van der Waals surface area contributed by atoms with Crippen molar-refractivity contribution in [1.29, 1.82) is 0 Å². The maximum Gasteiger partial charge on any atom is 0.220 e. The van der Waals surface area contributed by atoms with Crippen LogP contribution >= 0.6 is 0 Å². The molecule has 4 aromatic rings. The zero-order chi connectivity index (χ0) is 23.4. The van der Waals surface area contributed by atoms with Gasteiger partial charge < -0.3 is 5.32 Å². The lowest BCUT2D eigenvalue weighted by Gasteiger charge is -2.45. The number of rotatable bonds is 5. The highest BCUT2D eigenvalue weighted by molar-refractivity contribution is 5.76. The number of hydrogen-bond donors (Lipinski definition) is 1. The van der Waals surface area contributed by atoms with Gasteiger partial charge in [-0.15, -0.1) is 0 Å². The summed E-state index contributed by atoms with van der Waals surface area (Å²) in [5.74, 6) is 1.32. The first kappa shape index (κ1) is 21.1. The van der Waals surface area contributed by atoms with Crippen LogP contribution in [-0.2, 0) is 11.2 Å². The normalized spacial score (nSPS) is 20.3. The minimum atomic E-state index is 0.110. The molecule has 2 heterocycles. The van der Waals surface area contributed by atoms with Crippen molar-refractivity contribution in [3.63, 3.8) is 0 Å². The van der Waals surface area contributed by atoms with E-state index < -0.39 is 0 Å². The van der Waals surface area contributed by atoms with Crippen LogP contribution in [0.3, 0.4) is 0 Å². The van der Waals surface area contributed by atoms with E-state index in [0.717, 1.165) is 41.3 Å². The van der Waals surface area contributed by atoms with Gasteiger partial charge in [-0.1, -0.05) is 48.5 Å². The molecule has 3 aliphatic carbocycles. The first-order chi connectivity index (χ1) is 16.5. The fourth-order valence-electron chi connectivity index (χ4n) is 6.33. The van der Waals surface area contributed by atoms with E-state index in [4.69, 9.17) is 4.98 Å². The van der Waals surface area contributed by atoms with Gasteiger partial charge in [-0.3, -0.25) is 4.79 Å². The Balaban J connectivity index is 1.16. The van der Waals surface area contributed by atoms with Gasteiger partial charge in [0.05, 0.1) is 5.69 Å². The zero-order valence-electron chi connectivity index (χ0n) is 20.0. The maximum absolute atomic E-state index is 12.9. The summed E-state index contributed by atoms with van der Waals surface area (Å²) in [7, 11) is 0. The summed E-state index contributed by atoms with van der Waals surface area (Å²) < 4.78 is 1.89. The lowest BCUT2D eigenvalue weighted by atomic mass is 9.59. The molecule has 0 saturated heterocycles. The fourth-order valence-corrected chi connectivity index (χ4v) is 6.33. The molecule has 34 heavy (non-hydrogen) atoms. The van der Waals surface area contributed by atoms with Crippen molar-refractivity contribution in [3.8, 4) is 0 Å². The second-order valence-electron chi connectivity index (χ2n) is 9.90. The topological polar surface area (TPSA) is 59.3 Å². The molecule has 5 nitrogen and oxygen atoms in total. The molecule has 1 unspecified atom stereocenters. The Labute approximate surface area is 200 Å². The minimum Gasteiger partial charge on any atom is -0.356 e. The van der Waals surface area contributed by atoms with Crippen LogP contribution in [0.25, 0.3) is 5.65 Å². The van der Waals surface area contributed by atoms with Crippen LogP contribution in [0.15, 0.2) is 54.6 Å². The molecule has 1 amide bonds. The lowest BCUT2D eigenvalue weighted by Crippen LogP contribution is -2.39. The van der Waals surface area contributed by atoms with Crippen molar-refractivity contribution in [2.45, 2.75) is 51.9 Å². The molecule has 2 bridgehead atoms. The van der Waals surface area contributed by atoms with Crippen LogP contribution in [0.4, 0.5) is 0 Å². The molecule has 1 N–H and O–H groups in total. The van der Waals surface area contributed by atoms with Gasteiger partial charge in [0.15, 0.2) is 5.65 Å². The number of amides is 1. The van der Waals surface area contributed by atoms with E-state index in [0.29, 0.717) is 30.6 Å². The van der Waals surface area contributed by atoms with Crippen molar-refractivity contribution < 1.29 is 4.79 Å². The number of nitrogens with zero attached hydrogens (tertiary/aromatic N) is 3. The van der Waals surface area contributed by atoms with Crippen LogP contribution in [0.2, 0.25) is 0 Å².